The minimum Gasteiger partial charge on any atom is -0.497 e. The number of rotatable bonds is 3. The summed E-state index contributed by atoms with van der Waals surface area (Å²) in [5.74, 6) is 2.02. The maximum Gasteiger partial charge on any atom is 0.287 e. The molecule has 0 saturated heterocycles. The van der Waals surface area contributed by atoms with Gasteiger partial charge in [-0.05, 0) is 42.5 Å². The molecule has 1 saturated carbocycles. The van der Waals surface area contributed by atoms with E-state index >= 15 is 0 Å². The monoisotopic (exact) mass is 352 g/mol. The molecule has 3 aromatic rings. The van der Waals surface area contributed by atoms with Gasteiger partial charge in [0.05, 0.1) is 12.6 Å². The van der Waals surface area contributed by atoms with E-state index in [1.54, 1.807) is 13.2 Å². The molecule has 0 spiro atoms. The summed E-state index contributed by atoms with van der Waals surface area (Å²) in [7, 11) is 1.63. The Morgan fingerprint density at radius 1 is 1.19 bits per heavy atom. The van der Waals surface area contributed by atoms with Crippen molar-refractivity contribution < 1.29 is 13.9 Å². The van der Waals surface area contributed by atoms with Gasteiger partial charge in [0.2, 0.25) is 5.71 Å². The number of nitrogens with zero attached hydrogens (tertiary/aromatic N) is 1. The van der Waals surface area contributed by atoms with Crippen LogP contribution in [0.4, 0.5) is 0 Å². The summed E-state index contributed by atoms with van der Waals surface area (Å²) in [6.45, 7) is 4.48. The molecule has 5 nitrogen and oxygen atoms in total. The highest BCUT2D eigenvalue weighted by molar-refractivity contribution is 5.98. The van der Waals surface area contributed by atoms with Gasteiger partial charge in [0.25, 0.3) is 5.91 Å². The normalized spacial score (nSPS) is 23.3. The molecule has 1 aromatic carbocycles. The van der Waals surface area contributed by atoms with Crippen LogP contribution in [0.25, 0.3) is 22.0 Å². The molecule has 0 radical (unpaired) electrons. The molecule has 0 unspecified atom stereocenters. The van der Waals surface area contributed by atoms with Crippen LogP contribution >= 0.6 is 0 Å². The van der Waals surface area contributed by atoms with E-state index in [0.29, 0.717) is 23.3 Å². The molecule has 2 heterocycles. The summed E-state index contributed by atoms with van der Waals surface area (Å²) in [5, 5.41) is 4.97. The Hall–Kier alpha value is -2.56. The molecule has 3 atom stereocenters. The van der Waals surface area contributed by atoms with Crippen LogP contribution in [0.1, 0.15) is 43.7 Å². The first kappa shape index (κ1) is 16.9. The Kier molecular flexibility index (Phi) is 4.31. The van der Waals surface area contributed by atoms with Crippen LogP contribution in [-0.4, -0.2) is 24.0 Å². The van der Waals surface area contributed by atoms with Crippen molar-refractivity contribution in [2.45, 2.75) is 39.2 Å². The molecule has 1 fully saturated rings. The summed E-state index contributed by atoms with van der Waals surface area (Å²) < 4.78 is 11.0. The van der Waals surface area contributed by atoms with Gasteiger partial charge in [0, 0.05) is 22.9 Å². The lowest BCUT2D eigenvalue weighted by Crippen LogP contribution is -2.43. The van der Waals surface area contributed by atoms with Gasteiger partial charge in [-0.1, -0.05) is 26.7 Å². The maximum atomic E-state index is 12.7. The Bertz CT molecular complexity index is 962. The molecule has 1 N–H and O–H groups in total. The largest absolute Gasteiger partial charge is 0.497 e. The number of ether oxygens (including phenoxy) is 1. The van der Waals surface area contributed by atoms with Gasteiger partial charge in [-0.2, -0.15) is 0 Å². The van der Waals surface area contributed by atoms with Crippen LogP contribution in [0.2, 0.25) is 0 Å². The molecule has 0 aliphatic heterocycles. The van der Waals surface area contributed by atoms with Crippen molar-refractivity contribution in [3.05, 3.63) is 36.1 Å². The third-order valence-electron chi connectivity index (χ3n) is 5.76. The van der Waals surface area contributed by atoms with Crippen LogP contribution in [-0.2, 0) is 0 Å². The van der Waals surface area contributed by atoms with Gasteiger partial charge < -0.3 is 14.5 Å². The van der Waals surface area contributed by atoms with Gasteiger partial charge in [-0.3, -0.25) is 4.79 Å². The van der Waals surface area contributed by atoms with Crippen LogP contribution in [0.3, 0.4) is 0 Å². The second-order valence-electron chi connectivity index (χ2n) is 7.40. The van der Waals surface area contributed by atoms with Crippen LogP contribution in [0, 0.1) is 11.8 Å². The van der Waals surface area contributed by atoms with E-state index in [-0.39, 0.29) is 11.9 Å². The van der Waals surface area contributed by atoms with Crippen molar-refractivity contribution >= 4 is 27.9 Å². The van der Waals surface area contributed by atoms with Crippen molar-refractivity contribution in [1.82, 2.24) is 10.3 Å². The summed E-state index contributed by atoms with van der Waals surface area (Å²) in [5.41, 5.74) is 1.26. The fraction of sp³-hybridized carbons (Fsp3) is 0.429. The molecular weight excluding hydrogens is 328 g/mol. The summed E-state index contributed by atoms with van der Waals surface area (Å²) >= 11 is 0. The zero-order valence-corrected chi connectivity index (χ0v) is 15.4. The SMILES string of the molecule is COc1ccc2cc3cc(C(=O)N[C@@H]4CCC[C@@H](C)[C@@H]4C)oc3nc2c1. The number of carbonyl (C=O) groups excluding carboxylic acids is 1. The predicted molar refractivity (Wildman–Crippen MR) is 102 cm³/mol. The molecule has 1 aliphatic carbocycles. The molecule has 26 heavy (non-hydrogen) atoms. The second-order valence-corrected chi connectivity index (χ2v) is 7.40. The quantitative estimate of drug-likeness (QED) is 0.751. The smallest absolute Gasteiger partial charge is 0.287 e. The lowest BCUT2D eigenvalue weighted by molar-refractivity contribution is 0.0865. The third kappa shape index (κ3) is 3.02. The molecule has 4 rings (SSSR count). The van der Waals surface area contributed by atoms with Crippen molar-refractivity contribution in [2.75, 3.05) is 7.11 Å². The van der Waals surface area contributed by atoms with Crippen LogP contribution in [0.15, 0.2) is 34.7 Å². The van der Waals surface area contributed by atoms with Crippen LogP contribution < -0.4 is 10.1 Å². The number of methoxy groups -OCH3 is 1. The molecule has 1 amide bonds. The lowest BCUT2D eigenvalue weighted by atomic mass is 9.78. The standard InChI is InChI=1S/C21H24N2O3/c1-12-5-4-6-17(13(12)2)22-20(24)19-10-15-9-14-7-8-16(25-3)11-18(14)23-21(15)26-19/h7-13,17H,4-6H2,1-3H3,(H,22,24)/t12-,13+,17-/m1/s1. The molecule has 1 aliphatic rings. The number of hydrogen-bond acceptors (Lipinski definition) is 4. The Balaban J connectivity index is 1.62. The van der Waals surface area contributed by atoms with Crippen LogP contribution in [0.5, 0.6) is 5.75 Å². The molecule has 5 heteroatoms. The number of aromatic nitrogens is 1. The molecule has 2 aromatic heterocycles. The fourth-order valence-electron chi connectivity index (χ4n) is 3.87. The maximum absolute atomic E-state index is 12.7. The topological polar surface area (TPSA) is 64.4 Å². The van der Waals surface area contributed by atoms with Gasteiger partial charge >= 0.3 is 0 Å². The van der Waals surface area contributed by atoms with Crippen molar-refractivity contribution in [2.24, 2.45) is 11.8 Å². The molecule has 0 bridgehead atoms. The first-order chi connectivity index (χ1) is 12.5. The summed E-state index contributed by atoms with van der Waals surface area (Å²) in [4.78, 5) is 17.2. The number of furan rings is 1. The summed E-state index contributed by atoms with van der Waals surface area (Å²) in [6, 6.07) is 9.69. The number of carbonyl (C=O) groups is 1. The van der Waals surface area contributed by atoms with Crippen molar-refractivity contribution in [3.63, 3.8) is 0 Å². The zero-order valence-electron chi connectivity index (χ0n) is 15.4. The van der Waals surface area contributed by atoms with Gasteiger partial charge in [0.1, 0.15) is 5.75 Å². The minimum absolute atomic E-state index is 0.157. The van der Waals surface area contributed by atoms with Gasteiger partial charge in [0.15, 0.2) is 5.76 Å². The number of hydrogen-bond donors (Lipinski definition) is 1. The molecular formula is C21H24N2O3. The van der Waals surface area contributed by atoms with E-state index in [1.807, 2.05) is 24.3 Å². The number of nitrogens with one attached hydrogen (secondary N) is 1. The van der Waals surface area contributed by atoms with E-state index in [0.717, 1.165) is 34.9 Å². The second kappa shape index (κ2) is 6.63. The minimum atomic E-state index is -0.157. The van der Waals surface area contributed by atoms with E-state index in [2.05, 4.69) is 24.1 Å². The summed E-state index contributed by atoms with van der Waals surface area (Å²) in [6.07, 6.45) is 3.42. The van der Waals surface area contributed by atoms with E-state index in [9.17, 15) is 4.79 Å². The first-order valence-electron chi connectivity index (χ1n) is 9.24. The highest BCUT2D eigenvalue weighted by Gasteiger charge is 2.29. The number of benzene rings is 1. The average molecular weight is 352 g/mol. The third-order valence-corrected chi connectivity index (χ3v) is 5.76. The number of amides is 1. The van der Waals surface area contributed by atoms with E-state index in [1.165, 1.54) is 6.42 Å². The Labute approximate surface area is 152 Å². The van der Waals surface area contributed by atoms with E-state index < -0.39 is 0 Å². The Morgan fingerprint density at radius 2 is 2.04 bits per heavy atom. The fourth-order valence-corrected chi connectivity index (χ4v) is 3.87. The van der Waals surface area contributed by atoms with E-state index in [4.69, 9.17) is 9.15 Å². The lowest BCUT2D eigenvalue weighted by Gasteiger charge is -2.34. The van der Waals surface area contributed by atoms with Crippen molar-refractivity contribution in [3.8, 4) is 5.75 Å². The average Bonchev–Trinajstić information content (AvgIpc) is 3.06. The number of fused-ring (bicyclic) bond motifs is 2. The molecule has 136 valence electrons. The first-order valence-corrected chi connectivity index (χ1v) is 9.24. The number of pyridine rings is 1. The zero-order chi connectivity index (χ0) is 18.3. The van der Waals surface area contributed by atoms with Crippen molar-refractivity contribution in [1.29, 1.82) is 0 Å². The van der Waals surface area contributed by atoms with Gasteiger partial charge in [-0.15, -0.1) is 0 Å². The highest BCUT2D eigenvalue weighted by atomic mass is 16.5. The highest BCUT2D eigenvalue weighted by Crippen LogP contribution is 2.30. The predicted octanol–water partition coefficient (Wildman–Crippen LogP) is 4.54. The van der Waals surface area contributed by atoms with Gasteiger partial charge in [-0.25, -0.2) is 4.98 Å². The Morgan fingerprint density at radius 3 is 2.85 bits per heavy atom.